The van der Waals surface area contributed by atoms with Crippen LogP contribution in [0.5, 0.6) is 0 Å². The SMILES string of the molecule is Cc1ccc(S(=O)(=O)N2CCN3CC[C@H](N4CCCC4)[C@@H]2C3)cc1. The van der Waals surface area contributed by atoms with Gasteiger partial charge in [-0.25, -0.2) is 8.42 Å². The number of piperidine rings is 1. The number of piperazine rings is 1. The van der Waals surface area contributed by atoms with Crippen molar-refractivity contribution in [3.8, 4) is 0 Å². The molecule has 0 spiro atoms. The van der Waals surface area contributed by atoms with Crippen LogP contribution in [0.25, 0.3) is 0 Å². The third-order valence-electron chi connectivity index (χ3n) is 5.87. The second kappa shape index (κ2) is 6.41. The number of aryl methyl sites for hydroxylation is 1. The fourth-order valence-electron chi connectivity index (χ4n) is 4.52. The molecule has 3 aliphatic heterocycles. The minimum absolute atomic E-state index is 0.0944. The minimum Gasteiger partial charge on any atom is -0.300 e. The number of benzene rings is 1. The summed E-state index contributed by atoms with van der Waals surface area (Å²) in [4.78, 5) is 5.40. The van der Waals surface area contributed by atoms with Crippen molar-refractivity contribution in [1.82, 2.24) is 14.1 Å². The number of rotatable bonds is 3. The van der Waals surface area contributed by atoms with Gasteiger partial charge in [0.2, 0.25) is 10.0 Å². The van der Waals surface area contributed by atoms with Crippen molar-refractivity contribution in [2.24, 2.45) is 0 Å². The molecule has 0 N–H and O–H groups in total. The van der Waals surface area contributed by atoms with E-state index in [2.05, 4.69) is 9.80 Å². The van der Waals surface area contributed by atoms with Crippen LogP contribution in [0.2, 0.25) is 0 Å². The molecule has 6 heteroatoms. The van der Waals surface area contributed by atoms with Gasteiger partial charge in [0.05, 0.1) is 10.9 Å². The van der Waals surface area contributed by atoms with Crippen LogP contribution in [0.15, 0.2) is 29.2 Å². The molecule has 24 heavy (non-hydrogen) atoms. The number of likely N-dealkylation sites (tertiary alicyclic amines) is 1. The molecule has 3 aliphatic rings. The first-order chi connectivity index (χ1) is 11.6. The predicted octanol–water partition coefficient (Wildman–Crippen LogP) is 1.54. The van der Waals surface area contributed by atoms with Gasteiger partial charge < -0.3 is 4.90 Å². The van der Waals surface area contributed by atoms with Crippen molar-refractivity contribution in [1.29, 1.82) is 0 Å². The summed E-state index contributed by atoms with van der Waals surface area (Å²) in [5.41, 5.74) is 1.09. The highest BCUT2D eigenvalue weighted by atomic mass is 32.2. The lowest BCUT2D eigenvalue weighted by molar-refractivity contribution is 0.0214. The van der Waals surface area contributed by atoms with Gasteiger partial charge in [-0.1, -0.05) is 17.7 Å². The average Bonchev–Trinajstić information content (AvgIpc) is 3.10. The Labute approximate surface area is 145 Å². The van der Waals surface area contributed by atoms with Gasteiger partial charge in [0.15, 0.2) is 0 Å². The quantitative estimate of drug-likeness (QED) is 0.830. The largest absolute Gasteiger partial charge is 0.300 e. The molecule has 3 saturated heterocycles. The third kappa shape index (κ3) is 2.90. The smallest absolute Gasteiger partial charge is 0.243 e. The van der Waals surface area contributed by atoms with Crippen molar-refractivity contribution in [2.45, 2.75) is 43.2 Å². The molecule has 3 atom stereocenters. The van der Waals surface area contributed by atoms with Gasteiger partial charge in [-0.15, -0.1) is 0 Å². The molecule has 3 heterocycles. The molecule has 1 aromatic carbocycles. The number of hydrogen-bond acceptors (Lipinski definition) is 4. The Bertz CT molecular complexity index is 683. The maximum absolute atomic E-state index is 13.2. The number of sulfonamides is 1. The summed E-state index contributed by atoms with van der Waals surface area (Å²) >= 11 is 0. The summed E-state index contributed by atoms with van der Waals surface area (Å²) in [6.45, 7) is 7.70. The summed E-state index contributed by atoms with van der Waals surface area (Å²) in [7, 11) is -3.41. The molecule has 0 aliphatic carbocycles. The zero-order chi connectivity index (χ0) is 16.7. The molecule has 4 rings (SSSR count). The van der Waals surface area contributed by atoms with Crippen LogP contribution in [0.4, 0.5) is 0 Å². The third-order valence-corrected chi connectivity index (χ3v) is 7.81. The van der Waals surface area contributed by atoms with Crippen LogP contribution in [-0.2, 0) is 10.0 Å². The highest BCUT2D eigenvalue weighted by molar-refractivity contribution is 7.89. The lowest BCUT2D eigenvalue weighted by Crippen LogP contribution is -2.66. The molecule has 0 amide bonds. The number of hydrogen-bond donors (Lipinski definition) is 0. The Morgan fingerprint density at radius 1 is 0.917 bits per heavy atom. The van der Waals surface area contributed by atoms with Gasteiger partial charge in [-0.2, -0.15) is 4.31 Å². The van der Waals surface area contributed by atoms with Gasteiger partial charge in [0.1, 0.15) is 0 Å². The maximum atomic E-state index is 13.2. The van der Waals surface area contributed by atoms with E-state index in [0.29, 0.717) is 17.5 Å². The van der Waals surface area contributed by atoms with E-state index in [1.165, 1.54) is 12.8 Å². The summed E-state index contributed by atoms with van der Waals surface area (Å²) in [5.74, 6) is 0. The monoisotopic (exact) mass is 349 g/mol. The van der Waals surface area contributed by atoms with Gasteiger partial charge in [-0.3, -0.25) is 4.90 Å². The predicted molar refractivity (Wildman–Crippen MR) is 94.5 cm³/mol. The van der Waals surface area contributed by atoms with Gasteiger partial charge >= 0.3 is 0 Å². The molecule has 132 valence electrons. The fourth-order valence-corrected chi connectivity index (χ4v) is 6.16. The molecule has 0 saturated carbocycles. The highest BCUT2D eigenvalue weighted by Crippen LogP contribution is 2.31. The Balaban J connectivity index is 1.64. The molecule has 1 aromatic rings. The molecular formula is C18H27N3O2S. The first-order valence-electron chi connectivity index (χ1n) is 9.10. The van der Waals surface area contributed by atoms with E-state index in [0.717, 1.165) is 44.7 Å². The standard InChI is InChI=1S/C18H27N3O2S/c1-15-4-6-16(7-5-15)24(22,23)21-13-12-19-11-8-17(18(21)14-19)20-9-2-3-10-20/h4-7,17-18H,2-3,8-14H2,1H3/t17-,18-/m0/s1. The normalized spacial score (nSPS) is 32.1. The minimum atomic E-state index is -3.41. The van der Waals surface area contributed by atoms with Gasteiger partial charge in [-0.05, 0) is 58.0 Å². The van der Waals surface area contributed by atoms with E-state index in [1.807, 2.05) is 19.1 Å². The van der Waals surface area contributed by atoms with Crippen molar-refractivity contribution in [2.75, 3.05) is 39.3 Å². The van der Waals surface area contributed by atoms with Crippen LogP contribution >= 0.6 is 0 Å². The molecule has 5 nitrogen and oxygen atoms in total. The molecule has 3 fully saturated rings. The van der Waals surface area contributed by atoms with E-state index in [1.54, 1.807) is 16.4 Å². The summed E-state index contributed by atoms with van der Waals surface area (Å²) in [6, 6.07) is 7.76. The molecule has 2 bridgehead atoms. The van der Waals surface area contributed by atoms with Crippen LogP contribution in [0.3, 0.4) is 0 Å². The van der Waals surface area contributed by atoms with E-state index < -0.39 is 10.0 Å². The van der Waals surface area contributed by atoms with Crippen molar-refractivity contribution in [3.05, 3.63) is 29.8 Å². The maximum Gasteiger partial charge on any atom is 0.243 e. The Morgan fingerprint density at radius 3 is 2.33 bits per heavy atom. The fraction of sp³-hybridized carbons (Fsp3) is 0.667. The second-order valence-electron chi connectivity index (χ2n) is 7.40. The average molecular weight is 350 g/mol. The first kappa shape index (κ1) is 16.5. The van der Waals surface area contributed by atoms with Crippen molar-refractivity contribution >= 4 is 10.0 Å². The Hall–Kier alpha value is -0.950. The van der Waals surface area contributed by atoms with Crippen LogP contribution < -0.4 is 0 Å². The molecular weight excluding hydrogens is 322 g/mol. The highest BCUT2D eigenvalue weighted by Gasteiger charge is 2.45. The molecule has 0 radical (unpaired) electrons. The van der Waals surface area contributed by atoms with Gasteiger partial charge in [0.25, 0.3) is 0 Å². The van der Waals surface area contributed by atoms with E-state index in [4.69, 9.17) is 0 Å². The summed E-state index contributed by atoms with van der Waals surface area (Å²) < 4.78 is 28.3. The second-order valence-corrected chi connectivity index (χ2v) is 9.29. The van der Waals surface area contributed by atoms with Crippen LogP contribution in [0, 0.1) is 6.92 Å². The number of nitrogens with zero attached hydrogens (tertiary/aromatic N) is 3. The van der Waals surface area contributed by atoms with Gasteiger partial charge in [0, 0.05) is 25.7 Å². The topological polar surface area (TPSA) is 43.9 Å². The molecule has 0 aromatic heterocycles. The lowest BCUT2D eigenvalue weighted by atomic mass is 9.96. The van der Waals surface area contributed by atoms with E-state index in [9.17, 15) is 8.42 Å². The lowest BCUT2D eigenvalue weighted by Gasteiger charge is -2.50. The zero-order valence-electron chi connectivity index (χ0n) is 14.4. The van der Waals surface area contributed by atoms with Crippen LogP contribution in [0.1, 0.15) is 24.8 Å². The summed E-state index contributed by atoms with van der Waals surface area (Å²) in [5, 5.41) is 0. The number of fused-ring (bicyclic) bond motifs is 2. The molecule has 1 unspecified atom stereocenters. The Morgan fingerprint density at radius 2 is 1.62 bits per heavy atom. The van der Waals surface area contributed by atoms with Crippen molar-refractivity contribution in [3.63, 3.8) is 0 Å². The van der Waals surface area contributed by atoms with E-state index in [-0.39, 0.29) is 6.04 Å². The van der Waals surface area contributed by atoms with Crippen molar-refractivity contribution < 1.29 is 8.42 Å². The summed E-state index contributed by atoms with van der Waals surface area (Å²) in [6.07, 6.45) is 3.58. The van der Waals surface area contributed by atoms with E-state index >= 15 is 0 Å². The zero-order valence-corrected chi connectivity index (χ0v) is 15.2. The first-order valence-corrected chi connectivity index (χ1v) is 10.5. The van der Waals surface area contributed by atoms with Crippen LogP contribution in [-0.4, -0.2) is 73.9 Å². The Kier molecular flexibility index (Phi) is 4.41.